The van der Waals surface area contributed by atoms with Crippen molar-refractivity contribution in [2.75, 3.05) is 5.75 Å². The lowest BCUT2D eigenvalue weighted by atomic mass is 9.96. The van der Waals surface area contributed by atoms with Crippen LogP contribution in [0, 0.1) is 0 Å². The number of fused-ring (bicyclic) bond motifs is 1. The summed E-state index contributed by atoms with van der Waals surface area (Å²) in [6.45, 7) is 0. The normalized spacial score (nSPS) is 21.8. The fourth-order valence-corrected chi connectivity index (χ4v) is 3.95. The van der Waals surface area contributed by atoms with Crippen LogP contribution in [0.5, 0.6) is 0 Å². The number of hydrogen-bond acceptors (Lipinski definition) is 2. The van der Waals surface area contributed by atoms with Gasteiger partial charge in [0.05, 0.1) is 0 Å². The Balaban J connectivity index is 2.04. The van der Waals surface area contributed by atoms with Gasteiger partial charge in [-0.25, -0.2) is 0 Å². The molecular weight excluding hydrogens is 226 g/mol. The molecule has 2 aromatic carbocycles. The average Bonchev–Trinajstić information content (AvgIpc) is 2.91. The third-order valence-electron chi connectivity index (χ3n) is 3.55. The molecule has 1 aliphatic rings. The quantitative estimate of drug-likeness (QED) is 0.869. The second-order valence-electron chi connectivity index (χ2n) is 4.65. The van der Waals surface area contributed by atoms with Crippen molar-refractivity contribution in [2.45, 2.75) is 24.1 Å². The molecule has 0 bridgehead atoms. The number of nitrogens with two attached hydrogens (primary N) is 1. The minimum atomic E-state index is 0.175. The van der Waals surface area contributed by atoms with Crippen LogP contribution in [-0.2, 0) is 0 Å². The number of hydrogen-bond donors (Lipinski definition) is 1. The summed E-state index contributed by atoms with van der Waals surface area (Å²) in [5.74, 6) is 1.27. The SMILES string of the molecule is NC(c1cccc2ccccc12)C1CCCS1. The van der Waals surface area contributed by atoms with Gasteiger partial charge in [-0.05, 0) is 34.9 Å². The van der Waals surface area contributed by atoms with E-state index < -0.39 is 0 Å². The first-order valence-corrected chi connectivity index (χ1v) is 7.26. The van der Waals surface area contributed by atoms with Crippen LogP contribution in [-0.4, -0.2) is 11.0 Å². The first-order chi connectivity index (χ1) is 8.36. The van der Waals surface area contributed by atoms with E-state index in [0.29, 0.717) is 5.25 Å². The number of rotatable bonds is 2. The van der Waals surface area contributed by atoms with Crippen LogP contribution in [0.25, 0.3) is 10.8 Å². The van der Waals surface area contributed by atoms with Gasteiger partial charge in [-0.1, -0.05) is 42.5 Å². The van der Waals surface area contributed by atoms with Crippen LogP contribution < -0.4 is 5.73 Å². The van der Waals surface area contributed by atoms with Crippen LogP contribution >= 0.6 is 11.8 Å². The van der Waals surface area contributed by atoms with E-state index in [1.54, 1.807) is 0 Å². The molecule has 3 rings (SSSR count). The summed E-state index contributed by atoms with van der Waals surface area (Å²) in [6, 6.07) is 15.2. The Kier molecular flexibility index (Phi) is 3.08. The molecule has 0 radical (unpaired) electrons. The summed E-state index contributed by atoms with van der Waals surface area (Å²) in [5.41, 5.74) is 7.75. The Morgan fingerprint density at radius 2 is 1.94 bits per heavy atom. The standard InChI is InChI=1S/C15H17NS/c16-15(14-9-4-10-17-14)13-8-3-6-11-5-1-2-7-12(11)13/h1-3,5-8,14-15H,4,9-10,16H2. The molecule has 0 aromatic heterocycles. The molecule has 2 atom stereocenters. The average molecular weight is 243 g/mol. The Bertz CT molecular complexity index is 512. The highest BCUT2D eigenvalue weighted by Crippen LogP contribution is 2.36. The summed E-state index contributed by atoms with van der Waals surface area (Å²) in [4.78, 5) is 0. The topological polar surface area (TPSA) is 26.0 Å². The molecule has 2 aromatic rings. The predicted molar refractivity (Wildman–Crippen MR) is 76.4 cm³/mol. The molecule has 2 heteroatoms. The molecule has 1 nitrogen and oxygen atoms in total. The van der Waals surface area contributed by atoms with Crippen molar-refractivity contribution in [1.29, 1.82) is 0 Å². The van der Waals surface area contributed by atoms with Crippen LogP contribution in [0.15, 0.2) is 42.5 Å². The van der Waals surface area contributed by atoms with Gasteiger partial charge >= 0.3 is 0 Å². The lowest BCUT2D eigenvalue weighted by molar-refractivity contribution is 0.649. The summed E-state index contributed by atoms with van der Waals surface area (Å²) in [6.07, 6.45) is 2.57. The molecule has 1 heterocycles. The van der Waals surface area contributed by atoms with Gasteiger partial charge in [-0.3, -0.25) is 0 Å². The van der Waals surface area contributed by atoms with Gasteiger partial charge in [0, 0.05) is 11.3 Å². The number of benzene rings is 2. The monoisotopic (exact) mass is 243 g/mol. The van der Waals surface area contributed by atoms with E-state index in [0.717, 1.165) is 0 Å². The van der Waals surface area contributed by atoms with Gasteiger partial charge in [-0.15, -0.1) is 0 Å². The molecule has 0 amide bonds. The Morgan fingerprint density at radius 1 is 1.12 bits per heavy atom. The fourth-order valence-electron chi connectivity index (χ4n) is 2.63. The fraction of sp³-hybridized carbons (Fsp3) is 0.333. The van der Waals surface area contributed by atoms with Crippen molar-refractivity contribution < 1.29 is 0 Å². The minimum absolute atomic E-state index is 0.175. The van der Waals surface area contributed by atoms with Gasteiger partial charge in [0.1, 0.15) is 0 Å². The molecule has 1 aliphatic heterocycles. The Morgan fingerprint density at radius 3 is 2.76 bits per heavy atom. The Labute approximate surface area is 106 Å². The van der Waals surface area contributed by atoms with Gasteiger partial charge < -0.3 is 5.73 Å². The maximum absolute atomic E-state index is 6.45. The van der Waals surface area contributed by atoms with E-state index in [-0.39, 0.29) is 6.04 Å². The van der Waals surface area contributed by atoms with Crippen molar-refractivity contribution in [1.82, 2.24) is 0 Å². The largest absolute Gasteiger partial charge is 0.323 e. The lowest BCUT2D eigenvalue weighted by Gasteiger charge is -2.20. The molecule has 1 saturated heterocycles. The van der Waals surface area contributed by atoms with Crippen molar-refractivity contribution in [3.05, 3.63) is 48.0 Å². The Hall–Kier alpha value is -0.990. The molecule has 0 spiro atoms. The molecular formula is C15H17NS. The van der Waals surface area contributed by atoms with Gasteiger partial charge in [0.15, 0.2) is 0 Å². The molecule has 0 aliphatic carbocycles. The zero-order chi connectivity index (χ0) is 11.7. The van der Waals surface area contributed by atoms with Crippen molar-refractivity contribution >= 4 is 22.5 Å². The van der Waals surface area contributed by atoms with E-state index in [9.17, 15) is 0 Å². The highest BCUT2D eigenvalue weighted by molar-refractivity contribution is 8.00. The smallest absolute Gasteiger partial charge is 0.0421 e. The van der Waals surface area contributed by atoms with Gasteiger partial charge in [-0.2, -0.15) is 11.8 Å². The second kappa shape index (κ2) is 4.71. The highest BCUT2D eigenvalue weighted by atomic mass is 32.2. The van der Waals surface area contributed by atoms with Gasteiger partial charge in [0.2, 0.25) is 0 Å². The summed E-state index contributed by atoms with van der Waals surface area (Å²) in [7, 11) is 0. The van der Waals surface area contributed by atoms with E-state index in [1.165, 1.54) is 34.9 Å². The second-order valence-corrected chi connectivity index (χ2v) is 5.99. The maximum Gasteiger partial charge on any atom is 0.0421 e. The van der Waals surface area contributed by atoms with Crippen LogP contribution in [0.4, 0.5) is 0 Å². The summed E-state index contributed by atoms with van der Waals surface area (Å²) < 4.78 is 0. The van der Waals surface area contributed by atoms with Gasteiger partial charge in [0.25, 0.3) is 0 Å². The third-order valence-corrected chi connectivity index (χ3v) is 5.03. The van der Waals surface area contributed by atoms with E-state index >= 15 is 0 Å². The highest BCUT2D eigenvalue weighted by Gasteiger charge is 2.24. The minimum Gasteiger partial charge on any atom is -0.323 e. The number of thioether (sulfide) groups is 1. The van der Waals surface area contributed by atoms with Crippen LogP contribution in [0.1, 0.15) is 24.4 Å². The van der Waals surface area contributed by atoms with Crippen LogP contribution in [0.2, 0.25) is 0 Å². The van der Waals surface area contributed by atoms with E-state index in [2.05, 4.69) is 42.5 Å². The summed E-state index contributed by atoms with van der Waals surface area (Å²) in [5, 5.41) is 3.21. The zero-order valence-electron chi connectivity index (χ0n) is 9.80. The predicted octanol–water partition coefficient (Wildman–Crippen LogP) is 3.74. The zero-order valence-corrected chi connectivity index (χ0v) is 10.6. The first kappa shape index (κ1) is 11.1. The molecule has 2 N–H and O–H groups in total. The van der Waals surface area contributed by atoms with Crippen molar-refractivity contribution in [2.24, 2.45) is 5.73 Å². The van der Waals surface area contributed by atoms with Crippen molar-refractivity contribution in [3.8, 4) is 0 Å². The first-order valence-electron chi connectivity index (χ1n) is 6.21. The molecule has 0 saturated carbocycles. The molecule has 17 heavy (non-hydrogen) atoms. The third kappa shape index (κ3) is 2.07. The van der Waals surface area contributed by atoms with Crippen molar-refractivity contribution in [3.63, 3.8) is 0 Å². The maximum atomic E-state index is 6.45. The van der Waals surface area contributed by atoms with Crippen LogP contribution in [0.3, 0.4) is 0 Å². The molecule has 2 unspecified atom stereocenters. The van der Waals surface area contributed by atoms with E-state index in [4.69, 9.17) is 5.73 Å². The molecule has 88 valence electrons. The van der Waals surface area contributed by atoms with E-state index in [1.807, 2.05) is 11.8 Å². The lowest BCUT2D eigenvalue weighted by Crippen LogP contribution is -2.21. The molecule has 1 fully saturated rings. The summed E-state index contributed by atoms with van der Waals surface area (Å²) >= 11 is 2.03.